The molecule has 3 rings (SSSR count). The van der Waals surface area contributed by atoms with Crippen molar-refractivity contribution >= 4 is 29.0 Å². The number of carbonyl (C=O) groups excluding carboxylic acids is 2. The number of aromatic nitrogens is 2. The van der Waals surface area contributed by atoms with E-state index in [1.54, 1.807) is 17.9 Å². The zero-order valence-corrected chi connectivity index (χ0v) is 15.6. The Balaban J connectivity index is 1.51. The quantitative estimate of drug-likeness (QED) is 0.617. The maximum atomic E-state index is 12.5. The van der Waals surface area contributed by atoms with Gasteiger partial charge in [0.2, 0.25) is 0 Å². The minimum Gasteiger partial charge on any atom is -0.352 e. The highest BCUT2D eigenvalue weighted by atomic mass is 32.1. The number of nitro benzene ring substituents is 1. The highest BCUT2D eigenvalue weighted by Gasteiger charge is 2.27. The Morgan fingerprint density at radius 3 is 2.67 bits per heavy atom. The first-order chi connectivity index (χ1) is 13.0. The first-order valence-corrected chi connectivity index (χ1v) is 9.34. The van der Waals surface area contributed by atoms with E-state index in [0.717, 1.165) is 24.4 Å². The van der Waals surface area contributed by atoms with E-state index in [1.165, 1.54) is 18.2 Å². The molecule has 0 radical (unpaired) electrons. The van der Waals surface area contributed by atoms with Crippen LogP contribution in [0.1, 0.15) is 38.6 Å². The molecule has 1 N–H and O–H groups in total. The molecule has 0 saturated carbocycles. The lowest BCUT2D eigenvalue weighted by Crippen LogP contribution is -2.41. The Bertz CT molecular complexity index is 861. The number of hydrogen-bond donors (Lipinski definition) is 1. The third kappa shape index (κ3) is 4.27. The van der Waals surface area contributed by atoms with Gasteiger partial charge in [-0.1, -0.05) is 16.6 Å². The van der Waals surface area contributed by atoms with Gasteiger partial charge < -0.3 is 10.2 Å². The monoisotopic (exact) mass is 389 g/mol. The van der Waals surface area contributed by atoms with Crippen molar-refractivity contribution < 1.29 is 14.5 Å². The van der Waals surface area contributed by atoms with Gasteiger partial charge in [0.1, 0.15) is 10.4 Å². The van der Waals surface area contributed by atoms with Crippen molar-refractivity contribution in [2.45, 2.75) is 19.8 Å². The first kappa shape index (κ1) is 18.9. The van der Waals surface area contributed by atoms with Crippen LogP contribution in [0.2, 0.25) is 0 Å². The average Bonchev–Trinajstić information content (AvgIpc) is 3.11. The number of aryl methyl sites for hydroxylation is 1. The van der Waals surface area contributed by atoms with E-state index in [2.05, 4.69) is 14.9 Å². The van der Waals surface area contributed by atoms with E-state index in [4.69, 9.17) is 0 Å². The summed E-state index contributed by atoms with van der Waals surface area (Å²) >= 11 is 1.10. The average molecular weight is 389 g/mol. The van der Waals surface area contributed by atoms with E-state index in [9.17, 15) is 19.7 Å². The second-order valence-electron chi connectivity index (χ2n) is 6.41. The molecule has 0 spiro atoms. The molecule has 0 bridgehead atoms. The van der Waals surface area contributed by atoms with Gasteiger partial charge in [-0.3, -0.25) is 19.7 Å². The maximum absolute atomic E-state index is 12.5. The van der Waals surface area contributed by atoms with E-state index < -0.39 is 10.8 Å². The van der Waals surface area contributed by atoms with Crippen molar-refractivity contribution in [2.24, 2.45) is 5.92 Å². The number of benzene rings is 1. The van der Waals surface area contributed by atoms with Crippen LogP contribution in [0, 0.1) is 23.0 Å². The summed E-state index contributed by atoms with van der Waals surface area (Å²) in [6.45, 7) is 3.39. The Labute approximate surface area is 159 Å². The van der Waals surface area contributed by atoms with Crippen molar-refractivity contribution in [1.82, 2.24) is 19.8 Å². The molecule has 1 aliphatic heterocycles. The molecule has 9 nitrogen and oxygen atoms in total. The van der Waals surface area contributed by atoms with Gasteiger partial charge in [-0.15, -0.1) is 5.10 Å². The fraction of sp³-hybridized carbons (Fsp3) is 0.412. The number of rotatable bonds is 5. The summed E-state index contributed by atoms with van der Waals surface area (Å²) in [5, 5.41) is 17.7. The van der Waals surface area contributed by atoms with Crippen LogP contribution in [-0.4, -0.2) is 50.9 Å². The number of amides is 2. The summed E-state index contributed by atoms with van der Waals surface area (Å²) in [4.78, 5) is 37.6. The highest BCUT2D eigenvalue weighted by Crippen LogP contribution is 2.21. The lowest BCUT2D eigenvalue weighted by molar-refractivity contribution is -0.385. The zero-order valence-electron chi connectivity index (χ0n) is 14.8. The minimum absolute atomic E-state index is 0.0510. The second kappa shape index (κ2) is 8.21. The first-order valence-electron chi connectivity index (χ1n) is 8.57. The lowest BCUT2D eigenvalue weighted by Gasteiger charge is -2.31. The number of likely N-dealkylation sites (tertiary alicyclic amines) is 1. The number of nitrogens with one attached hydrogen (secondary N) is 1. The van der Waals surface area contributed by atoms with Crippen LogP contribution in [0.3, 0.4) is 0 Å². The molecule has 2 amide bonds. The number of para-hydroxylation sites is 1. The van der Waals surface area contributed by atoms with Gasteiger partial charge >= 0.3 is 0 Å². The topological polar surface area (TPSA) is 118 Å². The molecule has 0 unspecified atom stereocenters. The summed E-state index contributed by atoms with van der Waals surface area (Å²) in [6, 6.07) is 5.89. The summed E-state index contributed by atoms with van der Waals surface area (Å²) in [5.74, 6) is -0.279. The van der Waals surface area contributed by atoms with Gasteiger partial charge in [0.25, 0.3) is 17.5 Å². The largest absolute Gasteiger partial charge is 0.352 e. The standard InChI is InChI=1S/C17H19N5O4S/c1-11-15(27-20-19-11)17(24)21-8-6-12(7-9-21)10-18-16(23)13-4-2-3-5-14(13)22(25)26/h2-5,12H,6-10H2,1H3,(H,18,23). The number of nitrogens with zero attached hydrogens (tertiary/aromatic N) is 4. The van der Waals surface area contributed by atoms with Gasteiger partial charge in [0.05, 0.1) is 10.6 Å². The van der Waals surface area contributed by atoms with Crippen LogP contribution in [0.5, 0.6) is 0 Å². The fourth-order valence-electron chi connectivity index (χ4n) is 3.07. The van der Waals surface area contributed by atoms with Crippen molar-refractivity contribution in [3.63, 3.8) is 0 Å². The molecule has 1 saturated heterocycles. The molecule has 0 aliphatic carbocycles. The highest BCUT2D eigenvalue weighted by molar-refractivity contribution is 7.07. The molecule has 2 heterocycles. The van der Waals surface area contributed by atoms with E-state index in [1.807, 2.05) is 0 Å². The molecule has 27 heavy (non-hydrogen) atoms. The van der Waals surface area contributed by atoms with Crippen LogP contribution in [0.25, 0.3) is 0 Å². The summed E-state index contributed by atoms with van der Waals surface area (Å²) in [6.07, 6.45) is 1.52. The Kier molecular flexibility index (Phi) is 5.75. The third-order valence-electron chi connectivity index (χ3n) is 4.64. The predicted molar refractivity (Wildman–Crippen MR) is 98.7 cm³/mol. The molecule has 1 aliphatic rings. The zero-order chi connectivity index (χ0) is 19.4. The third-order valence-corrected chi connectivity index (χ3v) is 5.46. The normalized spacial score (nSPS) is 14.8. The van der Waals surface area contributed by atoms with Gasteiger partial charge in [0, 0.05) is 25.7 Å². The molecule has 1 aromatic heterocycles. The lowest BCUT2D eigenvalue weighted by atomic mass is 9.96. The van der Waals surface area contributed by atoms with Gasteiger partial charge in [0.15, 0.2) is 0 Å². The SMILES string of the molecule is Cc1nnsc1C(=O)N1CCC(CNC(=O)c2ccccc2[N+](=O)[O-])CC1. The van der Waals surface area contributed by atoms with Crippen molar-refractivity contribution in [3.05, 3.63) is 50.5 Å². The molecule has 1 fully saturated rings. The maximum Gasteiger partial charge on any atom is 0.282 e. The number of nitro groups is 1. The summed E-state index contributed by atoms with van der Waals surface area (Å²) in [5.41, 5.74) is 0.496. The summed E-state index contributed by atoms with van der Waals surface area (Å²) in [7, 11) is 0. The van der Waals surface area contributed by atoms with Gasteiger partial charge in [-0.25, -0.2) is 0 Å². The van der Waals surface area contributed by atoms with Crippen LogP contribution >= 0.6 is 11.5 Å². The molecular formula is C17H19N5O4S. The van der Waals surface area contributed by atoms with Crippen molar-refractivity contribution in [2.75, 3.05) is 19.6 Å². The number of hydrogen-bond acceptors (Lipinski definition) is 7. The molecule has 10 heteroatoms. The molecule has 0 atom stereocenters. The minimum atomic E-state index is -0.560. The fourth-order valence-corrected chi connectivity index (χ4v) is 3.69. The predicted octanol–water partition coefficient (Wildman–Crippen LogP) is 2.04. The van der Waals surface area contributed by atoms with Gasteiger partial charge in [-0.2, -0.15) is 0 Å². The molecular weight excluding hydrogens is 370 g/mol. The second-order valence-corrected chi connectivity index (χ2v) is 7.16. The molecule has 142 valence electrons. The van der Waals surface area contributed by atoms with E-state index in [-0.39, 0.29) is 23.1 Å². The number of piperidine rings is 1. The molecule has 1 aromatic carbocycles. The Hall–Kier alpha value is -2.88. The smallest absolute Gasteiger partial charge is 0.282 e. The van der Waals surface area contributed by atoms with Crippen molar-refractivity contribution in [1.29, 1.82) is 0 Å². The van der Waals surface area contributed by atoms with Gasteiger partial charge in [-0.05, 0) is 43.3 Å². The van der Waals surface area contributed by atoms with Crippen LogP contribution in [-0.2, 0) is 0 Å². The Morgan fingerprint density at radius 2 is 2.04 bits per heavy atom. The summed E-state index contributed by atoms with van der Waals surface area (Å²) < 4.78 is 3.80. The van der Waals surface area contributed by atoms with Crippen molar-refractivity contribution in [3.8, 4) is 0 Å². The van der Waals surface area contributed by atoms with Crippen LogP contribution < -0.4 is 5.32 Å². The van der Waals surface area contributed by atoms with E-state index in [0.29, 0.717) is 30.2 Å². The van der Waals surface area contributed by atoms with Crippen LogP contribution in [0.4, 0.5) is 5.69 Å². The van der Waals surface area contributed by atoms with E-state index >= 15 is 0 Å². The number of carbonyl (C=O) groups is 2. The van der Waals surface area contributed by atoms with Crippen LogP contribution in [0.15, 0.2) is 24.3 Å². The Morgan fingerprint density at radius 1 is 1.33 bits per heavy atom. The molecule has 2 aromatic rings.